The molecular formula is C12H11Cl2NS. The maximum Gasteiger partial charge on any atom is 0.123 e. The van der Waals surface area contributed by atoms with Crippen LogP contribution in [0.1, 0.15) is 10.6 Å². The molecule has 16 heavy (non-hydrogen) atoms. The van der Waals surface area contributed by atoms with Crippen LogP contribution in [-0.4, -0.2) is 10.9 Å². The molecule has 84 valence electrons. The predicted octanol–water partition coefficient (Wildman–Crippen LogP) is 4.55. The number of rotatable bonds is 3. The SMILES string of the molecule is Cc1nc(-c2ccc(Cl)cc2)sc1CCCl. The minimum Gasteiger partial charge on any atom is -0.241 e. The van der Waals surface area contributed by atoms with Crippen LogP contribution in [0.5, 0.6) is 0 Å². The van der Waals surface area contributed by atoms with Crippen molar-refractivity contribution in [1.29, 1.82) is 0 Å². The molecule has 0 atom stereocenters. The van der Waals surface area contributed by atoms with Crippen LogP contribution in [0.15, 0.2) is 24.3 Å². The van der Waals surface area contributed by atoms with E-state index in [4.69, 9.17) is 23.2 Å². The summed E-state index contributed by atoms with van der Waals surface area (Å²) in [4.78, 5) is 5.81. The zero-order chi connectivity index (χ0) is 11.5. The average Bonchev–Trinajstić information content (AvgIpc) is 2.62. The fraction of sp³-hybridized carbons (Fsp3) is 0.250. The second-order valence-electron chi connectivity index (χ2n) is 3.47. The standard InChI is InChI=1S/C12H11Cl2NS/c1-8-11(6-7-13)16-12(15-8)9-2-4-10(14)5-3-9/h2-5H,6-7H2,1H3. The van der Waals surface area contributed by atoms with Crippen LogP contribution in [0, 0.1) is 6.92 Å². The van der Waals surface area contributed by atoms with E-state index >= 15 is 0 Å². The third-order valence-electron chi connectivity index (χ3n) is 2.31. The lowest BCUT2D eigenvalue weighted by atomic mass is 10.2. The summed E-state index contributed by atoms with van der Waals surface area (Å²) in [5.74, 6) is 0.642. The smallest absolute Gasteiger partial charge is 0.123 e. The van der Waals surface area contributed by atoms with Gasteiger partial charge in [-0.3, -0.25) is 0 Å². The molecule has 4 heteroatoms. The third kappa shape index (κ3) is 2.57. The van der Waals surface area contributed by atoms with Crippen LogP contribution in [0.4, 0.5) is 0 Å². The Kier molecular flexibility index (Phi) is 3.85. The summed E-state index contributed by atoms with van der Waals surface area (Å²) >= 11 is 13.3. The number of benzene rings is 1. The van der Waals surface area contributed by atoms with Crippen LogP contribution >= 0.6 is 34.5 Å². The lowest BCUT2D eigenvalue weighted by Crippen LogP contribution is -1.84. The minimum atomic E-state index is 0.642. The summed E-state index contributed by atoms with van der Waals surface area (Å²) in [7, 11) is 0. The average molecular weight is 272 g/mol. The molecule has 2 aromatic rings. The molecule has 1 aromatic heterocycles. The molecule has 0 amide bonds. The molecule has 0 bridgehead atoms. The molecule has 0 fully saturated rings. The number of thiazole rings is 1. The molecule has 0 aliphatic heterocycles. The highest BCUT2D eigenvalue weighted by molar-refractivity contribution is 7.15. The molecule has 0 saturated carbocycles. The number of aromatic nitrogens is 1. The summed E-state index contributed by atoms with van der Waals surface area (Å²) in [6.45, 7) is 2.03. The van der Waals surface area contributed by atoms with Crippen LogP contribution in [0.3, 0.4) is 0 Å². The van der Waals surface area contributed by atoms with Crippen molar-refractivity contribution >= 4 is 34.5 Å². The van der Waals surface area contributed by atoms with Crippen LogP contribution in [-0.2, 0) is 6.42 Å². The van der Waals surface area contributed by atoms with E-state index in [-0.39, 0.29) is 0 Å². The van der Waals surface area contributed by atoms with Gasteiger partial charge in [0.15, 0.2) is 0 Å². The van der Waals surface area contributed by atoms with Crippen molar-refractivity contribution in [3.8, 4) is 10.6 Å². The van der Waals surface area contributed by atoms with E-state index in [0.29, 0.717) is 5.88 Å². The van der Waals surface area contributed by atoms with Crippen LogP contribution < -0.4 is 0 Å². The van der Waals surface area contributed by atoms with Crippen molar-refractivity contribution in [3.05, 3.63) is 39.9 Å². The fourth-order valence-corrected chi connectivity index (χ4v) is 2.96. The van der Waals surface area contributed by atoms with Crippen molar-refractivity contribution < 1.29 is 0 Å². The quantitative estimate of drug-likeness (QED) is 0.747. The van der Waals surface area contributed by atoms with Gasteiger partial charge in [-0.15, -0.1) is 22.9 Å². The first-order chi connectivity index (χ1) is 7.70. The molecule has 0 spiro atoms. The Bertz CT molecular complexity index is 476. The van der Waals surface area contributed by atoms with Crippen molar-refractivity contribution in [2.75, 3.05) is 5.88 Å². The van der Waals surface area contributed by atoms with Gasteiger partial charge in [-0.1, -0.05) is 23.7 Å². The summed E-state index contributed by atoms with van der Waals surface area (Å²) in [5.41, 5.74) is 2.19. The first-order valence-corrected chi connectivity index (χ1v) is 6.72. The third-order valence-corrected chi connectivity index (χ3v) is 4.01. The fourth-order valence-electron chi connectivity index (χ4n) is 1.46. The van der Waals surface area contributed by atoms with Crippen LogP contribution in [0.25, 0.3) is 10.6 Å². The zero-order valence-electron chi connectivity index (χ0n) is 8.84. The molecular weight excluding hydrogens is 261 g/mol. The van der Waals surface area contributed by atoms with E-state index in [9.17, 15) is 0 Å². The van der Waals surface area contributed by atoms with Gasteiger partial charge in [0.25, 0.3) is 0 Å². The molecule has 0 aliphatic rings. The van der Waals surface area contributed by atoms with E-state index < -0.39 is 0 Å². The normalized spacial score (nSPS) is 10.7. The minimum absolute atomic E-state index is 0.642. The first kappa shape index (κ1) is 11.9. The second-order valence-corrected chi connectivity index (χ2v) is 5.37. The molecule has 1 heterocycles. The highest BCUT2D eigenvalue weighted by Crippen LogP contribution is 2.29. The maximum absolute atomic E-state index is 5.85. The highest BCUT2D eigenvalue weighted by Gasteiger charge is 2.08. The Labute approximate surface area is 109 Å². The van der Waals surface area contributed by atoms with Gasteiger partial charge >= 0.3 is 0 Å². The van der Waals surface area contributed by atoms with Gasteiger partial charge in [-0.2, -0.15) is 0 Å². The van der Waals surface area contributed by atoms with Crippen LogP contribution in [0.2, 0.25) is 5.02 Å². The molecule has 2 rings (SSSR count). The maximum atomic E-state index is 5.85. The number of alkyl halides is 1. The van der Waals surface area contributed by atoms with Gasteiger partial charge < -0.3 is 0 Å². The van der Waals surface area contributed by atoms with Gasteiger partial charge in [0.1, 0.15) is 5.01 Å². The number of halogens is 2. The van der Waals surface area contributed by atoms with E-state index in [1.165, 1.54) is 4.88 Å². The van der Waals surface area contributed by atoms with Gasteiger partial charge in [-0.05, 0) is 25.5 Å². The molecule has 1 aromatic carbocycles. The van der Waals surface area contributed by atoms with E-state index in [1.54, 1.807) is 11.3 Å². The van der Waals surface area contributed by atoms with Gasteiger partial charge in [0.2, 0.25) is 0 Å². The van der Waals surface area contributed by atoms with Gasteiger partial charge in [0.05, 0.1) is 5.69 Å². The lowest BCUT2D eigenvalue weighted by Gasteiger charge is -1.95. The second kappa shape index (κ2) is 5.17. The topological polar surface area (TPSA) is 12.9 Å². The van der Waals surface area contributed by atoms with E-state index in [1.807, 2.05) is 31.2 Å². The van der Waals surface area contributed by atoms with Crippen molar-refractivity contribution in [3.63, 3.8) is 0 Å². The Morgan fingerprint density at radius 3 is 2.56 bits per heavy atom. The Hall–Kier alpha value is -0.570. The lowest BCUT2D eigenvalue weighted by molar-refractivity contribution is 1.12. The molecule has 0 saturated heterocycles. The number of aryl methyl sites for hydroxylation is 2. The Morgan fingerprint density at radius 2 is 1.94 bits per heavy atom. The number of hydrogen-bond acceptors (Lipinski definition) is 2. The molecule has 0 radical (unpaired) electrons. The van der Waals surface area contributed by atoms with E-state index in [2.05, 4.69) is 4.98 Å². The highest BCUT2D eigenvalue weighted by atomic mass is 35.5. The molecule has 1 nitrogen and oxygen atoms in total. The van der Waals surface area contributed by atoms with Crippen molar-refractivity contribution in [2.24, 2.45) is 0 Å². The number of hydrogen-bond donors (Lipinski definition) is 0. The Balaban J connectivity index is 2.33. The largest absolute Gasteiger partial charge is 0.241 e. The predicted molar refractivity (Wildman–Crippen MR) is 71.7 cm³/mol. The monoisotopic (exact) mass is 271 g/mol. The van der Waals surface area contributed by atoms with Crippen molar-refractivity contribution in [1.82, 2.24) is 4.98 Å². The van der Waals surface area contributed by atoms with E-state index in [0.717, 1.165) is 27.7 Å². The number of nitrogens with zero attached hydrogens (tertiary/aromatic N) is 1. The molecule has 0 aliphatic carbocycles. The van der Waals surface area contributed by atoms with Gasteiger partial charge in [-0.25, -0.2) is 4.98 Å². The summed E-state index contributed by atoms with van der Waals surface area (Å²) < 4.78 is 0. The van der Waals surface area contributed by atoms with Gasteiger partial charge in [0, 0.05) is 21.3 Å². The summed E-state index contributed by atoms with van der Waals surface area (Å²) in [6, 6.07) is 7.75. The first-order valence-electron chi connectivity index (χ1n) is 4.99. The zero-order valence-corrected chi connectivity index (χ0v) is 11.2. The Morgan fingerprint density at radius 1 is 1.25 bits per heavy atom. The molecule has 0 unspecified atom stereocenters. The summed E-state index contributed by atoms with van der Waals surface area (Å²) in [5, 5.41) is 1.78. The summed E-state index contributed by atoms with van der Waals surface area (Å²) in [6.07, 6.45) is 0.888. The molecule has 0 N–H and O–H groups in total. The van der Waals surface area contributed by atoms with Crippen molar-refractivity contribution in [2.45, 2.75) is 13.3 Å².